The van der Waals surface area contributed by atoms with Gasteiger partial charge in [0.1, 0.15) is 5.54 Å². The summed E-state index contributed by atoms with van der Waals surface area (Å²) in [5.41, 5.74) is 1.12. The molecule has 1 heterocycles. The number of benzene rings is 1. The van der Waals surface area contributed by atoms with Gasteiger partial charge in [-0.3, -0.25) is 0 Å². The maximum absolute atomic E-state index is 12.5. The van der Waals surface area contributed by atoms with Gasteiger partial charge in [0.2, 0.25) is 0 Å². The molecule has 1 aromatic rings. The molecule has 0 radical (unpaired) electrons. The third kappa shape index (κ3) is 3.01. The van der Waals surface area contributed by atoms with Crippen molar-refractivity contribution >= 4 is 12.0 Å². The molecule has 1 aliphatic rings. The molecule has 0 spiro atoms. The van der Waals surface area contributed by atoms with Gasteiger partial charge in [0.25, 0.3) is 0 Å². The summed E-state index contributed by atoms with van der Waals surface area (Å²) < 4.78 is 0. The van der Waals surface area contributed by atoms with E-state index < -0.39 is 11.5 Å². The number of hydrogen-bond acceptors (Lipinski definition) is 2. The van der Waals surface area contributed by atoms with Crippen molar-refractivity contribution < 1.29 is 14.7 Å². The maximum Gasteiger partial charge on any atom is 0.329 e. The van der Waals surface area contributed by atoms with Crippen LogP contribution in [0.15, 0.2) is 24.3 Å². The molecule has 1 aliphatic heterocycles. The van der Waals surface area contributed by atoms with Gasteiger partial charge in [0, 0.05) is 20.1 Å². The van der Waals surface area contributed by atoms with Crippen LogP contribution in [0.25, 0.3) is 0 Å². The summed E-state index contributed by atoms with van der Waals surface area (Å²) in [5, 5.41) is 9.38. The first-order valence-corrected chi connectivity index (χ1v) is 7.16. The molecule has 1 unspecified atom stereocenters. The summed E-state index contributed by atoms with van der Waals surface area (Å²) in [4.78, 5) is 27.0. The van der Waals surface area contributed by atoms with Crippen LogP contribution in [0.3, 0.4) is 0 Å². The van der Waals surface area contributed by atoms with Gasteiger partial charge < -0.3 is 14.9 Å². The lowest BCUT2D eigenvalue weighted by Gasteiger charge is -2.34. The van der Waals surface area contributed by atoms with Crippen molar-refractivity contribution in [1.29, 1.82) is 0 Å². The SMILES string of the molecule is Cc1ccc(CN(C)C(=O)N2CCCC2(C)C(=O)O)cc1. The second-order valence-corrected chi connectivity index (χ2v) is 5.96. The Morgan fingerprint density at radius 1 is 1.33 bits per heavy atom. The average Bonchev–Trinajstić information content (AvgIpc) is 2.84. The molecule has 2 amide bonds. The monoisotopic (exact) mass is 290 g/mol. The number of likely N-dealkylation sites (tertiary alicyclic amines) is 1. The molecule has 0 aliphatic carbocycles. The molecular formula is C16H22N2O3. The Morgan fingerprint density at radius 3 is 2.52 bits per heavy atom. The molecule has 0 aromatic heterocycles. The van der Waals surface area contributed by atoms with Crippen LogP contribution < -0.4 is 0 Å². The number of amides is 2. The van der Waals surface area contributed by atoms with Crippen LogP contribution in [-0.4, -0.2) is 46.0 Å². The second kappa shape index (κ2) is 5.76. The van der Waals surface area contributed by atoms with Crippen molar-refractivity contribution in [3.8, 4) is 0 Å². The summed E-state index contributed by atoms with van der Waals surface area (Å²) in [6, 6.07) is 7.76. The van der Waals surface area contributed by atoms with Crippen molar-refractivity contribution in [1.82, 2.24) is 9.80 Å². The van der Waals surface area contributed by atoms with Gasteiger partial charge in [-0.05, 0) is 32.3 Å². The van der Waals surface area contributed by atoms with Crippen molar-refractivity contribution in [3.63, 3.8) is 0 Å². The number of rotatable bonds is 3. The Labute approximate surface area is 125 Å². The third-order valence-electron chi connectivity index (χ3n) is 4.20. The van der Waals surface area contributed by atoms with Crippen LogP contribution in [0, 0.1) is 6.92 Å². The number of nitrogens with zero attached hydrogens (tertiary/aromatic N) is 2. The van der Waals surface area contributed by atoms with Crippen molar-refractivity contribution in [3.05, 3.63) is 35.4 Å². The molecule has 5 heteroatoms. The molecule has 5 nitrogen and oxygen atoms in total. The number of urea groups is 1. The minimum absolute atomic E-state index is 0.224. The number of hydrogen-bond donors (Lipinski definition) is 1. The zero-order valence-electron chi connectivity index (χ0n) is 12.8. The van der Waals surface area contributed by atoms with Crippen LogP contribution in [0.4, 0.5) is 4.79 Å². The summed E-state index contributed by atoms with van der Waals surface area (Å²) in [7, 11) is 1.71. The molecule has 1 N–H and O–H groups in total. The molecule has 0 bridgehead atoms. The van der Waals surface area contributed by atoms with Gasteiger partial charge in [-0.2, -0.15) is 0 Å². The second-order valence-electron chi connectivity index (χ2n) is 5.96. The van der Waals surface area contributed by atoms with E-state index >= 15 is 0 Å². The van der Waals surface area contributed by atoms with Crippen LogP contribution in [0.2, 0.25) is 0 Å². The smallest absolute Gasteiger partial charge is 0.329 e. The number of carbonyl (C=O) groups is 2. The zero-order valence-corrected chi connectivity index (χ0v) is 12.8. The van der Waals surface area contributed by atoms with E-state index in [1.54, 1.807) is 18.9 Å². The predicted octanol–water partition coefficient (Wildman–Crippen LogP) is 2.49. The Bertz CT molecular complexity index is 541. The first-order valence-electron chi connectivity index (χ1n) is 7.16. The fraction of sp³-hybridized carbons (Fsp3) is 0.500. The lowest BCUT2D eigenvalue weighted by atomic mass is 10.00. The van der Waals surface area contributed by atoms with Crippen molar-refractivity contribution in [2.24, 2.45) is 0 Å². The Balaban J connectivity index is 2.08. The van der Waals surface area contributed by atoms with Crippen molar-refractivity contribution in [2.45, 2.75) is 38.8 Å². The Hall–Kier alpha value is -2.04. The molecule has 114 valence electrons. The first-order chi connectivity index (χ1) is 9.84. The summed E-state index contributed by atoms with van der Waals surface area (Å²) in [6.07, 6.45) is 1.24. The zero-order chi connectivity index (χ0) is 15.6. The summed E-state index contributed by atoms with van der Waals surface area (Å²) in [5.74, 6) is -0.933. The number of carbonyl (C=O) groups excluding carboxylic acids is 1. The van der Waals surface area contributed by atoms with Gasteiger partial charge in [-0.15, -0.1) is 0 Å². The van der Waals surface area contributed by atoms with Gasteiger partial charge in [0.15, 0.2) is 0 Å². The highest BCUT2D eigenvalue weighted by Crippen LogP contribution is 2.30. The largest absolute Gasteiger partial charge is 0.480 e. The van der Waals surface area contributed by atoms with Crippen LogP contribution in [-0.2, 0) is 11.3 Å². The Morgan fingerprint density at radius 2 is 1.95 bits per heavy atom. The topological polar surface area (TPSA) is 60.9 Å². The summed E-state index contributed by atoms with van der Waals surface area (Å²) >= 11 is 0. The molecule has 1 saturated heterocycles. The molecular weight excluding hydrogens is 268 g/mol. The van der Waals surface area contributed by atoms with E-state index in [1.807, 2.05) is 31.2 Å². The van der Waals surface area contributed by atoms with E-state index in [4.69, 9.17) is 0 Å². The predicted molar refractivity (Wildman–Crippen MR) is 80.0 cm³/mol. The molecule has 1 atom stereocenters. The van der Waals surface area contributed by atoms with Gasteiger partial charge in [-0.1, -0.05) is 29.8 Å². The van der Waals surface area contributed by atoms with E-state index in [9.17, 15) is 14.7 Å². The molecule has 2 rings (SSSR count). The number of aliphatic carboxylic acids is 1. The standard InChI is InChI=1S/C16H22N2O3/c1-12-5-7-13(8-6-12)11-17(3)15(21)18-10-4-9-16(18,2)14(19)20/h5-8H,4,9-11H2,1-3H3,(H,19,20). The molecule has 1 fully saturated rings. The van der Waals surface area contributed by atoms with Crippen molar-refractivity contribution in [2.75, 3.05) is 13.6 Å². The van der Waals surface area contributed by atoms with Gasteiger partial charge in [-0.25, -0.2) is 9.59 Å². The average molecular weight is 290 g/mol. The van der Waals surface area contributed by atoms with E-state index in [-0.39, 0.29) is 6.03 Å². The Kier molecular flexibility index (Phi) is 4.21. The molecule has 21 heavy (non-hydrogen) atoms. The minimum atomic E-state index is -1.08. The third-order valence-corrected chi connectivity index (χ3v) is 4.20. The fourth-order valence-electron chi connectivity index (χ4n) is 2.73. The minimum Gasteiger partial charge on any atom is -0.480 e. The number of carboxylic acid groups (broad SMARTS) is 1. The maximum atomic E-state index is 12.5. The highest BCUT2D eigenvalue weighted by molar-refractivity contribution is 5.86. The van der Waals surface area contributed by atoms with Gasteiger partial charge in [0.05, 0.1) is 0 Å². The quantitative estimate of drug-likeness (QED) is 0.930. The van der Waals surface area contributed by atoms with Crippen LogP contribution >= 0.6 is 0 Å². The first kappa shape index (κ1) is 15.4. The lowest BCUT2D eigenvalue weighted by Crippen LogP contribution is -2.54. The fourth-order valence-corrected chi connectivity index (χ4v) is 2.73. The normalized spacial score (nSPS) is 21.4. The van der Waals surface area contributed by atoms with E-state index in [1.165, 1.54) is 10.5 Å². The lowest BCUT2D eigenvalue weighted by molar-refractivity contribution is -0.147. The van der Waals surface area contributed by atoms with Gasteiger partial charge >= 0.3 is 12.0 Å². The molecule has 1 aromatic carbocycles. The number of aryl methyl sites for hydroxylation is 1. The van der Waals surface area contributed by atoms with E-state index in [0.717, 1.165) is 12.0 Å². The van der Waals surface area contributed by atoms with Crippen LogP contribution in [0.1, 0.15) is 30.9 Å². The highest BCUT2D eigenvalue weighted by atomic mass is 16.4. The highest BCUT2D eigenvalue weighted by Gasteiger charge is 2.46. The van der Waals surface area contributed by atoms with E-state index in [0.29, 0.717) is 19.5 Å². The van der Waals surface area contributed by atoms with E-state index in [2.05, 4.69) is 0 Å². The number of carboxylic acids is 1. The van der Waals surface area contributed by atoms with Crippen LogP contribution in [0.5, 0.6) is 0 Å². The molecule has 0 saturated carbocycles. The summed E-state index contributed by atoms with van der Waals surface area (Å²) in [6.45, 7) is 4.62.